The summed E-state index contributed by atoms with van der Waals surface area (Å²) < 4.78 is 1.48. The van der Waals surface area contributed by atoms with Crippen molar-refractivity contribution in [2.24, 2.45) is 5.11 Å². The Morgan fingerprint density at radius 3 is 2.75 bits per heavy atom. The fraction of sp³-hybridized carbons (Fsp3) is 0.333. The third kappa shape index (κ3) is 2.91. The maximum absolute atomic E-state index is 10.9. The van der Waals surface area contributed by atoms with E-state index in [1.807, 2.05) is 0 Å². The van der Waals surface area contributed by atoms with E-state index in [9.17, 15) is 5.11 Å². The molecule has 2 atom stereocenters. The van der Waals surface area contributed by atoms with Crippen LogP contribution in [0.4, 0.5) is 0 Å². The minimum atomic E-state index is -1.40. The standard InChI is InChI=1S/C12H13ClN6O/c1-9(17-18-14)12(20,6-19-8-15-7-16-19)10-2-4-11(13)5-3-10/h2-5,7-9,20H,6H2,1H3/t9-,12-/m1/s1. The zero-order valence-electron chi connectivity index (χ0n) is 10.8. The Balaban J connectivity index is 2.42. The summed E-state index contributed by atoms with van der Waals surface area (Å²) in [7, 11) is 0. The van der Waals surface area contributed by atoms with E-state index in [2.05, 4.69) is 20.1 Å². The Morgan fingerprint density at radius 1 is 1.50 bits per heavy atom. The van der Waals surface area contributed by atoms with Gasteiger partial charge in [0, 0.05) is 9.93 Å². The molecule has 0 aliphatic rings. The van der Waals surface area contributed by atoms with Crippen molar-refractivity contribution in [2.75, 3.05) is 0 Å². The van der Waals surface area contributed by atoms with Gasteiger partial charge in [-0.05, 0) is 23.2 Å². The van der Waals surface area contributed by atoms with Crippen molar-refractivity contribution in [3.05, 3.63) is 57.9 Å². The zero-order chi connectivity index (χ0) is 14.6. The lowest BCUT2D eigenvalue weighted by molar-refractivity contribution is -0.00518. The van der Waals surface area contributed by atoms with Crippen LogP contribution in [0.15, 0.2) is 42.0 Å². The Hall–Kier alpha value is -2.08. The smallest absolute Gasteiger partial charge is 0.137 e. The van der Waals surface area contributed by atoms with Crippen LogP contribution in [0.3, 0.4) is 0 Å². The molecule has 0 amide bonds. The van der Waals surface area contributed by atoms with E-state index >= 15 is 0 Å². The van der Waals surface area contributed by atoms with Gasteiger partial charge in [0.15, 0.2) is 0 Å². The third-order valence-corrected chi connectivity index (χ3v) is 3.38. The highest BCUT2D eigenvalue weighted by Crippen LogP contribution is 2.30. The van der Waals surface area contributed by atoms with E-state index in [4.69, 9.17) is 17.1 Å². The Bertz CT molecular complexity index is 607. The molecule has 1 aromatic carbocycles. The van der Waals surface area contributed by atoms with Gasteiger partial charge in [-0.2, -0.15) is 5.10 Å². The van der Waals surface area contributed by atoms with Crippen LogP contribution < -0.4 is 0 Å². The van der Waals surface area contributed by atoms with Gasteiger partial charge in [-0.3, -0.25) is 0 Å². The quantitative estimate of drug-likeness (QED) is 0.520. The predicted octanol–water partition coefficient (Wildman–Crippen LogP) is 2.52. The summed E-state index contributed by atoms with van der Waals surface area (Å²) in [5, 5.41) is 19.1. The van der Waals surface area contributed by atoms with Crippen molar-refractivity contribution in [2.45, 2.75) is 25.1 Å². The molecule has 8 heteroatoms. The minimum absolute atomic E-state index is 0.120. The summed E-state index contributed by atoms with van der Waals surface area (Å²) in [4.78, 5) is 6.60. The molecule has 0 bridgehead atoms. The van der Waals surface area contributed by atoms with Crippen molar-refractivity contribution < 1.29 is 5.11 Å². The minimum Gasteiger partial charge on any atom is -0.383 e. The number of hydrogen-bond donors (Lipinski definition) is 1. The zero-order valence-corrected chi connectivity index (χ0v) is 11.5. The van der Waals surface area contributed by atoms with E-state index in [0.29, 0.717) is 10.6 Å². The van der Waals surface area contributed by atoms with Crippen LogP contribution >= 0.6 is 11.6 Å². The summed E-state index contributed by atoms with van der Waals surface area (Å²) in [6, 6.07) is 6.06. The van der Waals surface area contributed by atoms with Crippen LogP contribution in [-0.2, 0) is 12.1 Å². The van der Waals surface area contributed by atoms with Crippen molar-refractivity contribution in [1.82, 2.24) is 14.8 Å². The molecule has 0 saturated carbocycles. The summed E-state index contributed by atoms with van der Waals surface area (Å²) in [5.41, 5.74) is 7.80. The van der Waals surface area contributed by atoms with Gasteiger partial charge >= 0.3 is 0 Å². The van der Waals surface area contributed by atoms with Gasteiger partial charge < -0.3 is 5.11 Å². The van der Waals surface area contributed by atoms with Crippen LogP contribution in [0.2, 0.25) is 5.02 Å². The van der Waals surface area contributed by atoms with Crippen LogP contribution in [0.5, 0.6) is 0 Å². The van der Waals surface area contributed by atoms with E-state index in [-0.39, 0.29) is 6.54 Å². The lowest BCUT2D eigenvalue weighted by atomic mass is 9.87. The number of nitrogens with zero attached hydrogens (tertiary/aromatic N) is 6. The molecule has 0 aliphatic carbocycles. The molecule has 104 valence electrons. The SMILES string of the molecule is C[C@@H](N=[N+]=[N-])[C@](O)(Cn1cncn1)c1ccc(Cl)cc1. The molecule has 2 rings (SSSR count). The number of hydrogen-bond acceptors (Lipinski definition) is 4. The van der Waals surface area contributed by atoms with Crippen LogP contribution in [-0.4, -0.2) is 25.9 Å². The molecule has 2 aromatic rings. The molecule has 0 aliphatic heterocycles. The second-order valence-electron chi connectivity index (χ2n) is 4.41. The monoisotopic (exact) mass is 292 g/mol. The van der Waals surface area contributed by atoms with Crippen molar-refractivity contribution in [3.8, 4) is 0 Å². The van der Waals surface area contributed by atoms with Crippen molar-refractivity contribution in [1.29, 1.82) is 0 Å². The highest BCUT2D eigenvalue weighted by atomic mass is 35.5. The van der Waals surface area contributed by atoms with Gasteiger partial charge in [0.2, 0.25) is 0 Å². The first-order chi connectivity index (χ1) is 9.56. The average Bonchev–Trinajstić information content (AvgIpc) is 2.92. The first kappa shape index (κ1) is 14.3. The molecule has 0 fully saturated rings. The predicted molar refractivity (Wildman–Crippen MR) is 74.0 cm³/mol. The molecule has 1 aromatic heterocycles. The Labute approximate surface area is 120 Å². The second-order valence-corrected chi connectivity index (χ2v) is 4.84. The van der Waals surface area contributed by atoms with Gasteiger partial charge in [0.05, 0.1) is 12.6 Å². The highest BCUT2D eigenvalue weighted by Gasteiger charge is 2.36. The number of rotatable bonds is 5. The van der Waals surface area contributed by atoms with Gasteiger partial charge in [0.1, 0.15) is 18.3 Å². The summed E-state index contributed by atoms with van der Waals surface area (Å²) in [6.45, 7) is 1.76. The summed E-state index contributed by atoms with van der Waals surface area (Å²) in [6.07, 6.45) is 2.87. The lowest BCUT2D eigenvalue weighted by Gasteiger charge is -2.32. The fourth-order valence-electron chi connectivity index (χ4n) is 1.94. The number of aliphatic hydroxyl groups is 1. The topological polar surface area (TPSA) is 99.7 Å². The van der Waals surface area contributed by atoms with Gasteiger partial charge in [-0.15, -0.1) is 0 Å². The Morgan fingerprint density at radius 2 is 2.20 bits per heavy atom. The summed E-state index contributed by atoms with van der Waals surface area (Å²) >= 11 is 5.85. The summed E-state index contributed by atoms with van der Waals surface area (Å²) in [5.74, 6) is 0. The van der Waals surface area contributed by atoms with E-state index in [1.54, 1.807) is 31.2 Å². The number of azide groups is 1. The van der Waals surface area contributed by atoms with E-state index in [1.165, 1.54) is 17.3 Å². The first-order valence-electron chi connectivity index (χ1n) is 5.91. The Kier molecular flexibility index (Phi) is 4.24. The number of aromatic nitrogens is 3. The van der Waals surface area contributed by atoms with Crippen LogP contribution in [0, 0.1) is 0 Å². The highest BCUT2D eigenvalue weighted by molar-refractivity contribution is 6.30. The molecule has 0 radical (unpaired) electrons. The molecule has 7 nitrogen and oxygen atoms in total. The van der Waals surface area contributed by atoms with Crippen molar-refractivity contribution in [3.63, 3.8) is 0 Å². The molecule has 0 spiro atoms. The van der Waals surface area contributed by atoms with Gasteiger partial charge in [0.25, 0.3) is 0 Å². The van der Waals surface area contributed by atoms with Crippen LogP contribution in [0.1, 0.15) is 12.5 Å². The molecular weight excluding hydrogens is 280 g/mol. The molecule has 1 N–H and O–H groups in total. The third-order valence-electron chi connectivity index (χ3n) is 3.13. The van der Waals surface area contributed by atoms with Gasteiger partial charge in [-0.1, -0.05) is 35.8 Å². The molecule has 0 saturated heterocycles. The normalized spacial score (nSPS) is 15.2. The second kappa shape index (κ2) is 5.92. The maximum atomic E-state index is 10.9. The average molecular weight is 293 g/mol. The number of benzene rings is 1. The first-order valence-corrected chi connectivity index (χ1v) is 6.29. The fourth-order valence-corrected chi connectivity index (χ4v) is 2.06. The molecule has 20 heavy (non-hydrogen) atoms. The number of halogens is 1. The van der Waals surface area contributed by atoms with E-state index < -0.39 is 11.6 Å². The van der Waals surface area contributed by atoms with E-state index in [0.717, 1.165) is 0 Å². The maximum Gasteiger partial charge on any atom is 0.137 e. The molecular formula is C12H13ClN6O. The van der Waals surface area contributed by atoms with Crippen LogP contribution in [0.25, 0.3) is 10.4 Å². The largest absolute Gasteiger partial charge is 0.383 e. The molecule has 0 unspecified atom stereocenters. The van der Waals surface area contributed by atoms with Crippen molar-refractivity contribution >= 4 is 11.6 Å². The lowest BCUT2D eigenvalue weighted by Crippen LogP contribution is -2.40. The van der Waals surface area contributed by atoms with Gasteiger partial charge in [-0.25, -0.2) is 9.67 Å². The molecule has 1 heterocycles.